The van der Waals surface area contributed by atoms with Gasteiger partial charge in [-0.2, -0.15) is 4.31 Å². The van der Waals surface area contributed by atoms with Crippen molar-refractivity contribution in [3.05, 3.63) is 53.6 Å². The number of rotatable bonds is 5. The maximum atomic E-state index is 13.0. The molecule has 1 aliphatic rings. The van der Waals surface area contributed by atoms with E-state index in [4.69, 9.17) is 16.6 Å². The molecule has 0 spiro atoms. The van der Waals surface area contributed by atoms with Crippen LogP contribution in [0.3, 0.4) is 0 Å². The fraction of sp³-hybridized carbons (Fsp3) is 0.400. The van der Waals surface area contributed by atoms with Crippen LogP contribution in [0.15, 0.2) is 47.6 Å². The number of hydrogen-bond donors (Lipinski definition) is 0. The number of imidazole rings is 1. The molecule has 1 aromatic carbocycles. The third-order valence-corrected chi connectivity index (χ3v) is 7.17. The van der Waals surface area contributed by atoms with E-state index >= 15 is 0 Å². The maximum absolute atomic E-state index is 13.0. The van der Waals surface area contributed by atoms with E-state index in [1.54, 1.807) is 28.7 Å². The van der Waals surface area contributed by atoms with Gasteiger partial charge in [-0.15, -0.1) is 0 Å². The van der Waals surface area contributed by atoms with Gasteiger partial charge >= 0.3 is 0 Å². The molecule has 3 aromatic rings. The summed E-state index contributed by atoms with van der Waals surface area (Å²) >= 11 is 5.99. The van der Waals surface area contributed by atoms with Crippen molar-refractivity contribution in [3.8, 4) is 0 Å². The number of hydrogen-bond acceptors (Lipinski definition) is 4. The lowest BCUT2D eigenvalue weighted by Gasteiger charge is -2.18. The second kappa shape index (κ2) is 7.46. The molecule has 1 atom stereocenters. The van der Waals surface area contributed by atoms with Crippen LogP contribution in [0.2, 0.25) is 5.02 Å². The highest BCUT2D eigenvalue weighted by atomic mass is 35.5. The van der Waals surface area contributed by atoms with Crippen molar-refractivity contribution >= 4 is 32.7 Å². The van der Waals surface area contributed by atoms with Gasteiger partial charge in [-0.25, -0.2) is 13.4 Å². The Balaban J connectivity index is 1.66. The monoisotopic (exact) mass is 418 g/mol. The number of sulfonamides is 1. The van der Waals surface area contributed by atoms with Crippen LogP contribution < -0.4 is 0 Å². The minimum absolute atomic E-state index is 0.0557. The fourth-order valence-electron chi connectivity index (χ4n) is 3.79. The average molecular weight is 419 g/mol. The molecule has 6 nitrogen and oxygen atoms in total. The van der Waals surface area contributed by atoms with E-state index in [1.807, 2.05) is 12.3 Å². The van der Waals surface area contributed by atoms with Gasteiger partial charge in [0.15, 0.2) is 0 Å². The second-order valence-electron chi connectivity index (χ2n) is 7.64. The number of halogens is 1. The summed E-state index contributed by atoms with van der Waals surface area (Å²) in [6, 6.07) is 8.34. The molecule has 0 saturated carbocycles. The number of nitrogens with zero attached hydrogens (tertiary/aromatic N) is 4. The summed E-state index contributed by atoms with van der Waals surface area (Å²) in [6.07, 6.45) is 4.32. The zero-order valence-electron chi connectivity index (χ0n) is 15.9. The average Bonchev–Trinajstić information content (AvgIpc) is 3.27. The molecule has 1 saturated heterocycles. The van der Waals surface area contributed by atoms with Crippen LogP contribution in [0, 0.1) is 5.92 Å². The molecule has 3 heterocycles. The Bertz CT molecular complexity index is 1110. The van der Waals surface area contributed by atoms with E-state index < -0.39 is 10.0 Å². The van der Waals surface area contributed by atoms with Gasteiger partial charge in [0.2, 0.25) is 10.0 Å². The predicted molar refractivity (Wildman–Crippen MR) is 110 cm³/mol. The van der Waals surface area contributed by atoms with Gasteiger partial charge in [-0.3, -0.25) is 4.98 Å². The van der Waals surface area contributed by atoms with Crippen molar-refractivity contribution in [2.45, 2.75) is 37.6 Å². The minimum atomic E-state index is -3.57. The Morgan fingerprint density at radius 1 is 1.29 bits per heavy atom. The third kappa shape index (κ3) is 3.54. The molecule has 1 aliphatic heterocycles. The summed E-state index contributed by atoms with van der Waals surface area (Å²) in [6.45, 7) is 6.05. The topological polar surface area (TPSA) is 68.1 Å². The lowest BCUT2D eigenvalue weighted by molar-refractivity contribution is 0.463. The fourth-order valence-corrected chi connectivity index (χ4v) is 5.59. The van der Waals surface area contributed by atoms with Gasteiger partial charge in [0.25, 0.3) is 0 Å². The molecular weight excluding hydrogens is 396 g/mol. The summed E-state index contributed by atoms with van der Waals surface area (Å²) in [5.41, 5.74) is 1.91. The SMILES string of the molecule is CC(C)Cn1c([C@H]2CCN(S(=O)(=O)c3cccc(Cl)c3)C2)nc2ccncc21. The first-order valence-electron chi connectivity index (χ1n) is 9.42. The molecule has 2 aromatic heterocycles. The largest absolute Gasteiger partial charge is 0.326 e. The van der Waals surface area contributed by atoms with Crippen LogP contribution in [0.1, 0.15) is 32.0 Å². The van der Waals surface area contributed by atoms with Crippen LogP contribution in [0.4, 0.5) is 0 Å². The van der Waals surface area contributed by atoms with E-state index in [2.05, 4.69) is 23.4 Å². The van der Waals surface area contributed by atoms with Gasteiger partial charge in [-0.1, -0.05) is 31.5 Å². The van der Waals surface area contributed by atoms with Crippen molar-refractivity contribution < 1.29 is 8.42 Å². The molecule has 0 radical (unpaired) electrons. The minimum Gasteiger partial charge on any atom is -0.326 e. The quantitative estimate of drug-likeness (QED) is 0.629. The zero-order chi connectivity index (χ0) is 19.9. The normalized spacial score (nSPS) is 18.4. The van der Waals surface area contributed by atoms with Crippen LogP contribution in [-0.4, -0.2) is 40.3 Å². The Kier molecular flexibility index (Phi) is 5.16. The Labute approximate surface area is 170 Å². The number of benzene rings is 1. The number of pyridine rings is 1. The number of fused-ring (bicyclic) bond motifs is 1. The molecular formula is C20H23ClN4O2S. The first kappa shape index (κ1) is 19.4. The van der Waals surface area contributed by atoms with Crippen LogP contribution in [-0.2, 0) is 16.6 Å². The van der Waals surface area contributed by atoms with Gasteiger partial charge in [0, 0.05) is 36.8 Å². The van der Waals surface area contributed by atoms with Gasteiger partial charge in [-0.05, 0) is 36.6 Å². The van der Waals surface area contributed by atoms with Crippen LogP contribution in [0.25, 0.3) is 11.0 Å². The summed E-state index contributed by atoms with van der Waals surface area (Å²) in [4.78, 5) is 9.31. The first-order valence-corrected chi connectivity index (χ1v) is 11.2. The van der Waals surface area contributed by atoms with Crippen LogP contribution >= 0.6 is 11.6 Å². The third-order valence-electron chi connectivity index (χ3n) is 5.08. The molecule has 0 unspecified atom stereocenters. The lowest BCUT2D eigenvalue weighted by atomic mass is 10.1. The van der Waals surface area contributed by atoms with Gasteiger partial charge < -0.3 is 4.57 Å². The van der Waals surface area contributed by atoms with E-state index in [9.17, 15) is 8.42 Å². The maximum Gasteiger partial charge on any atom is 0.243 e. The van der Waals surface area contributed by atoms with Crippen molar-refractivity contribution in [1.82, 2.24) is 18.8 Å². The zero-order valence-corrected chi connectivity index (χ0v) is 17.5. The summed E-state index contributed by atoms with van der Waals surface area (Å²) in [7, 11) is -3.57. The van der Waals surface area contributed by atoms with Crippen molar-refractivity contribution in [2.24, 2.45) is 5.92 Å². The summed E-state index contributed by atoms with van der Waals surface area (Å²) < 4.78 is 29.8. The lowest BCUT2D eigenvalue weighted by Crippen LogP contribution is -2.29. The van der Waals surface area contributed by atoms with E-state index in [1.165, 1.54) is 6.07 Å². The van der Waals surface area contributed by atoms with E-state index in [0.717, 1.165) is 29.8 Å². The van der Waals surface area contributed by atoms with Crippen molar-refractivity contribution in [1.29, 1.82) is 0 Å². The van der Waals surface area contributed by atoms with Crippen molar-refractivity contribution in [3.63, 3.8) is 0 Å². The highest BCUT2D eigenvalue weighted by Gasteiger charge is 2.35. The molecule has 148 valence electrons. The van der Waals surface area contributed by atoms with E-state index in [-0.39, 0.29) is 10.8 Å². The highest BCUT2D eigenvalue weighted by Crippen LogP contribution is 2.33. The predicted octanol–water partition coefficient (Wildman–Crippen LogP) is 3.92. The second-order valence-corrected chi connectivity index (χ2v) is 10.0. The molecule has 8 heteroatoms. The van der Waals surface area contributed by atoms with Crippen molar-refractivity contribution in [2.75, 3.05) is 13.1 Å². The van der Waals surface area contributed by atoms with Crippen LogP contribution in [0.5, 0.6) is 0 Å². The molecule has 1 fully saturated rings. The Morgan fingerprint density at radius 2 is 2.11 bits per heavy atom. The Hall–Kier alpha value is -1.96. The molecule has 0 amide bonds. The molecule has 4 rings (SSSR count). The van der Waals surface area contributed by atoms with Gasteiger partial charge in [0.1, 0.15) is 5.82 Å². The molecule has 0 aliphatic carbocycles. The van der Waals surface area contributed by atoms with E-state index in [0.29, 0.717) is 24.0 Å². The highest BCUT2D eigenvalue weighted by molar-refractivity contribution is 7.89. The molecule has 28 heavy (non-hydrogen) atoms. The Morgan fingerprint density at radius 3 is 2.86 bits per heavy atom. The first-order chi connectivity index (χ1) is 13.4. The molecule has 0 bridgehead atoms. The molecule has 0 N–H and O–H groups in total. The van der Waals surface area contributed by atoms with Gasteiger partial charge in [0.05, 0.1) is 22.1 Å². The summed E-state index contributed by atoms with van der Waals surface area (Å²) in [5.74, 6) is 1.45. The standard InChI is InChI=1S/C20H23ClN4O2S/c1-14(2)12-25-19-11-22-8-6-18(19)23-20(25)15-7-9-24(13-15)28(26,27)17-5-3-4-16(21)10-17/h3-6,8,10-11,14-15H,7,9,12-13H2,1-2H3/t15-/m0/s1. The number of aromatic nitrogens is 3. The summed E-state index contributed by atoms with van der Waals surface area (Å²) in [5, 5.41) is 0.419. The smallest absolute Gasteiger partial charge is 0.243 e.